The zero-order chi connectivity index (χ0) is 18.4. The van der Waals surface area contributed by atoms with Crippen LogP contribution in [0.25, 0.3) is 11.3 Å². The van der Waals surface area contributed by atoms with Crippen LogP contribution >= 0.6 is 11.8 Å². The van der Waals surface area contributed by atoms with E-state index in [4.69, 9.17) is 0 Å². The molecule has 0 aliphatic rings. The molecule has 0 aliphatic carbocycles. The highest BCUT2D eigenvalue weighted by Crippen LogP contribution is 2.22. The van der Waals surface area contributed by atoms with Crippen LogP contribution in [0.1, 0.15) is 31.4 Å². The number of benzene rings is 1. The van der Waals surface area contributed by atoms with Gasteiger partial charge in [-0.3, -0.25) is 9.59 Å². The van der Waals surface area contributed by atoms with Crippen LogP contribution in [-0.4, -0.2) is 27.7 Å². The van der Waals surface area contributed by atoms with Gasteiger partial charge in [-0.15, -0.1) is 0 Å². The number of carbonyl (C=O) groups excluding carboxylic acids is 1. The van der Waals surface area contributed by atoms with E-state index in [0.717, 1.165) is 23.7 Å². The lowest BCUT2D eigenvalue weighted by Crippen LogP contribution is -2.33. The average molecular weight is 356 g/mol. The normalized spacial score (nSPS) is 11.6. The number of hydrogen-bond donors (Lipinski definition) is 2. The molecule has 25 heavy (non-hydrogen) atoms. The Balaban J connectivity index is 2.26. The summed E-state index contributed by atoms with van der Waals surface area (Å²) in [4.78, 5) is 31.0. The maximum Gasteiger partial charge on any atom is 0.270 e. The van der Waals surface area contributed by atoms with E-state index in [1.165, 1.54) is 0 Å². The first kappa shape index (κ1) is 18.7. The van der Waals surface area contributed by atoms with Crippen molar-refractivity contribution in [2.24, 2.45) is 0 Å². The van der Waals surface area contributed by atoms with Crippen LogP contribution in [0.5, 0.6) is 0 Å². The van der Waals surface area contributed by atoms with Gasteiger partial charge in [0, 0.05) is 11.6 Å². The van der Waals surface area contributed by atoms with Crippen molar-refractivity contribution in [1.29, 1.82) is 5.26 Å². The van der Waals surface area contributed by atoms with Crippen LogP contribution < -0.4 is 10.9 Å². The number of hydrogen-bond acceptors (Lipinski definition) is 5. The molecule has 0 spiro atoms. The van der Waals surface area contributed by atoms with E-state index < -0.39 is 5.56 Å². The summed E-state index contributed by atoms with van der Waals surface area (Å²) < 4.78 is 0. The van der Waals surface area contributed by atoms with Gasteiger partial charge < -0.3 is 10.3 Å². The molecule has 0 saturated carbocycles. The molecule has 0 saturated heterocycles. The zero-order valence-corrected chi connectivity index (χ0v) is 15.2. The van der Waals surface area contributed by atoms with Crippen LogP contribution in [0.2, 0.25) is 0 Å². The first-order valence-corrected chi connectivity index (χ1v) is 8.96. The van der Waals surface area contributed by atoms with Crippen molar-refractivity contribution >= 4 is 17.7 Å². The minimum absolute atomic E-state index is 0.0303. The molecule has 0 bridgehead atoms. The molecule has 1 aromatic heterocycles. The highest BCUT2D eigenvalue weighted by Gasteiger charge is 2.14. The molecule has 1 atom stereocenters. The number of nitriles is 1. The van der Waals surface area contributed by atoms with Crippen molar-refractivity contribution < 1.29 is 4.79 Å². The van der Waals surface area contributed by atoms with Crippen molar-refractivity contribution in [3.63, 3.8) is 0 Å². The molecule has 6 nitrogen and oxygen atoms in total. The topological polar surface area (TPSA) is 98.6 Å². The van der Waals surface area contributed by atoms with Gasteiger partial charge in [-0.25, -0.2) is 4.98 Å². The van der Waals surface area contributed by atoms with Gasteiger partial charge in [-0.05, 0) is 20.3 Å². The van der Waals surface area contributed by atoms with Gasteiger partial charge in [-0.2, -0.15) is 5.26 Å². The van der Waals surface area contributed by atoms with Crippen molar-refractivity contribution in [2.75, 3.05) is 5.75 Å². The van der Waals surface area contributed by atoms with Gasteiger partial charge in [-0.1, -0.05) is 48.5 Å². The highest BCUT2D eigenvalue weighted by molar-refractivity contribution is 7.99. The molecular formula is C18H20N4O2S. The average Bonchev–Trinajstić information content (AvgIpc) is 2.60. The van der Waals surface area contributed by atoms with E-state index in [9.17, 15) is 14.9 Å². The summed E-state index contributed by atoms with van der Waals surface area (Å²) >= 11 is 1.14. The fourth-order valence-electron chi connectivity index (χ4n) is 2.10. The van der Waals surface area contributed by atoms with Crippen LogP contribution in [0.15, 0.2) is 34.2 Å². The lowest BCUT2D eigenvalue weighted by atomic mass is 10.1. The quantitative estimate of drug-likeness (QED) is 0.612. The standard InChI is InChI=1S/C18H20N4O2S/c1-4-12(3)20-15(23)10-25-18-21-16(14(9-19)17(24)22-18)13-7-5-11(2)6-8-13/h5-8,12H,4,10H2,1-3H3,(H,20,23)(H,21,22,24)/t12-/m0/s1. The fraction of sp³-hybridized carbons (Fsp3) is 0.333. The van der Waals surface area contributed by atoms with E-state index in [2.05, 4.69) is 15.3 Å². The molecule has 0 unspecified atom stereocenters. The third kappa shape index (κ3) is 4.94. The second-order valence-electron chi connectivity index (χ2n) is 5.74. The Labute approximate surface area is 150 Å². The summed E-state index contributed by atoms with van der Waals surface area (Å²) in [5, 5.41) is 12.4. The monoisotopic (exact) mass is 356 g/mol. The Morgan fingerprint density at radius 1 is 1.40 bits per heavy atom. The molecule has 1 heterocycles. The fourth-order valence-corrected chi connectivity index (χ4v) is 2.77. The molecule has 2 N–H and O–H groups in total. The molecule has 0 aliphatic heterocycles. The number of rotatable bonds is 6. The number of aryl methyl sites for hydroxylation is 1. The number of amides is 1. The summed E-state index contributed by atoms with van der Waals surface area (Å²) in [6, 6.07) is 9.44. The zero-order valence-electron chi connectivity index (χ0n) is 14.4. The summed E-state index contributed by atoms with van der Waals surface area (Å²) in [5.41, 5.74) is 1.56. The Morgan fingerprint density at radius 2 is 2.08 bits per heavy atom. The second kappa shape index (κ2) is 8.49. The van der Waals surface area contributed by atoms with Crippen molar-refractivity contribution in [2.45, 2.75) is 38.4 Å². The number of H-pyrrole nitrogens is 1. The number of aromatic nitrogens is 2. The van der Waals surface area contributed by atoms with Gasteiger partial charge in [0.1, 0.15) is 11.6 Å². The number of aromatic amines is 1. The van der Waals surface area contributed by atoms with Crippen molar-refractivity contribution in [3.8, 4) is 17.3 Å². The molecule has 2 aromatic rings. The highest BCUT2D eigenvalue weighted by atomic mass is 32.2. The van der Waals surface area contributed by atoms with E-state index in [-0.39, 0.29) is 23.3 Å². The Bertz CT molecular complexity index is 853. The minimum atomic E-state index is -0.502. The smallest absolute Gasteiger partial charge is 0.270 e. The molecular weight excluding hydrogens is 336 g/mol. The van der Waals surface area contributed by atoms with Gasteiger partial charge in [0.25, 0.3) is 5.56 Å². The molecule has 0 fully saturated rings. The first-order valence-electron chi connectivity index (χ1n) is 7.98. The third-order valence-electron chi connectivity index (χ3n) is 3.69. The molecule has 1 amide bonds. The molecule has 2 rings (SSSR count). The maximum atomic E-state index is 12.2. The van der Waals surface area contributed by atoms with Crippen LogP contribution in [0, 0.1) is 18.3 Å². The van der Waals surface area contributed by atoms with E-state index in [0.29, 0.717) is 16.4 Å². The Hall–Kier alpha value is -2.59. The van der Waals surface area contributed by atoms with Crippen molar-refractivity contribution in [3.05, 3.63) is 45.7 Å². The molecule has 0 radical (unpaired) electrons. The SMILES string of the molecule is CC[C@H](C)NC(=O)CSc1nc(-c2ccc(C)cc2)c(C#N)c(=O)[nH]1. The van der Waals surface area contributed by atoms with E-state index >= 15 is 0 Å². The number of nitrogens with one attached hydrogen (secondary N) is 2. The van der Waals surface area contributed by atoms with E-state index in [1.54, 1.807) is 0 Å². The number of thioether (sulfide) groups is 1. The lowest BCUT2D eigenvalue weighted by Gasteiger charge is -2.11. The largest absolute Gasteiger partial charge is 0.353 e. The van der Waals surface area contributed by atoms with Gasteiger partial charge in [0.15, 0.2) is 5.16 Å². The van der Waals surface area contributed by atoms with E-state index in [1.807, 2.05) is 51.1 Å². The molecule has 1 aromatic carbocycles. The predicted octanol–water partition coefficient (Wildman–Crippen LogP) is 2.62. The summed E-state index contributed by atoms with van der Waals surface area (Å²) in [5.74, 6) is 0.0234. The van der Waals surface area contributed by atoms with Crippen LogP contribution in [0.4, 0.5) is 0 Å². The van der Waals surface area contributed by atoms with Crippen LogP contribution in [-0.2, 0) is 4.79 Å². The number of carbonyl (C=O) groups is 1. The third-order valence-corrected chi connectivity index (χ3v) is 4.57. The summed E-state index contributed by atoms with van der Waals surface area (Å²) in [7, 11) is 0. The predicted molar refractivity (Wildman–Crippen MR) is 98.4 cm³/mol. The maximum absolute atomic E-state index is 12.2. The molecule has 130 valence electrons. The van der Waals surface area contributed by atoms with Gasteiger partial charge in [0.2, 0.25) is 5.91 Å². The van der Waals surface area contributed by atoms with Gasteiger partial charge in [0.05, 0.1) is 11.4 Å². The second-order valence-corrected chi connectivity index (χ2v) is 6.70. The Kier molecular flexibility index (Phi) is 6.37. The first-order chi connectivity index (χ1) is 11.9. The minimum Gasteiger partial charge on any atom is -0.353 e. The summed E-state index contributed by atoms with van der Waals surface area (Å²) in [6.07, 6.45) is 0.847. The summed E-state index contributed by atoms with van der Waals surface area (Å²) in [6.45, 7) is 5.88. The van der Waals surface area contributed by atoms with Crippen LogP contribution in [0.3, 0.4) is 0 Å². The van der Waals surface area contributed by atoms with Gasteiger partial charge >= 0.3 is 0 Å². The number of nitrogens with zero attached hydrogens (tertiary/aromatic N) is 2. The molecule has 7 heteroatoms. The lowest BCUT2D eigenvalue weighted by molar-refractivity contribution is -0.119. The van der Waals surface area contributed by atoms with Crippen molar-refractivity contribution in [1.82, 2.24) is 15.3 Å². The Morgan fingerprint density at radius 3 is 2.68 bits per heavy atom.